The molecule has 73 heavy (non-hydrogen) atoms. The first-order valence-electron chi connectivity index (χ1n) is 32.8. The largest absolute Gasteiger partial charge is 0.462 e. The molecule has 0 spiro atoms. The quantitative estimate of drug-likeness (QED) is 0.0261. The Balaban J connectivity index is 4.02. The molecule has 0 saturated heterocycles. The number of unbranched alkanes of at least 4 members (excludes halogenated alkanes) is 46. The first-order valence-corrected chi connectivity index (χ1v) is 32.8. The van der Waals surface area contributed by atoms with Crippen LogP contribution in [0.3, 0.4) is 0 Å². The number of ether oxygens (including phenoxy) is 3. The Morgan fingerprint density at radius 3 is 0.753 bits per heavy atom. The smallest absolute Gasteiger partial charge is 0.306 e. The molecular formula is C67H126O6. The Labute approximate surface area is 455 Å². The van der Waals surface area contributed by atoms with Gasteiger partial charge in [-0.25, -0.2) is 0 Å². The molecule has 0 N–H and O–H groups in total. The van der Waals surface area contributed by atoms with Gasteiger partial charge in [-0.2, -0.15) is 0 Å². The summed E-state index contributed by atoms with van der Waals surface area (Å²) in [5.41, 5.74) is 0. The molecule has 0 aromatic carbocycles. The zero-order valence-corrected chi connectivity index (χ0v) is 49.4. The minimum atomic E-state index is -0.765. The van der Waals surface area contributed by atoms with Crippen LogP contribution in [0.1, 0.15) is 367 Å². The Morgan fingerprint density at radius 1 is 0.274 bits per heavy atom. The van der Waals surface area contributed by atoms with Gasteiger partial charge in [-0.15, -0.1) is 0 Å². The second kappa shape index (κ2) is 62.4. The van der Waals surface area contributed by atoms with E-state index in [1.165, 1.54) is 263 Å². The number of carbonyl (C=O) groups is 3. The van der Waals surface area contributed by atoms with E-state index in [1.54, 1.807) is 0 Å². The molecule has 1 atom stereocenters. The highest BCUT2D eigenvalue weighted by Crippen LogP contribution is 2.18. The van der Waals surface area contributed by atoms with E-state index in [0.29, 0.717) is 19.3 Å². The molecule has 0 fully saturated rings. The molecule has 0 aromatic heterocycles. The molecule has 0 radical (unpaired) electrons. The Kier molecular flexibility index (Phi) is 60.6. The van der Waals surface area contributed by atoms with E-state index in [1.807, 2.05) is 0 Å². The third-order valence-corrected chi connectivity index (χ3v) is 15.0. The van der Waals surface area contributed by atoms with E-state index in [2.05, 4.69) is 45.1 Å². The Hall–Kier alpha value is -2.11. The van der Waals surface area contributed by atoms with Gasteiger partial charge in [-0.1, -0.05) is 321 Å². The topological polar surface area (TPSA) is 78.9 Å². The number of rotatable bonds is 61. The Morgan fingerprint density at radius 2 is 0.493 bits per heavy atom. The van der Waals surface area contributed by atoms with Gasteiger partial charge in [0, 0.05) is 19.3 Å². The maximum absolute atomic E-state index is 12.9. The van der Waals surface area contributed by atoms with Crippen LogP contribution in [0.15, 0.2) is 24.3 Å². The molecule has 0 aliphatic rings. The van der Waals surface area contributed by atoms with Gasteiger partial charge in [0.2, 0.25) is 0 Å². The number of esters is 3. The lowest BCUT2D eigenvalue weighted by Gasteiger charge is -2.18. The normalized spacial score (nSPS) is 12.1. The molecule has 1 unspecified atom stereocenters. The van der Waals surface area contributed by atoms with Crippen molar-refractivity contribution in [3.8, 4) is 0 Å². The van der Waals surface area contributed by atoms with E-state index in [9.17, 15) is 14.4 Å². The summed E-state index contributed by atoms with van der Waals surface area (Å²) in [6.07, 6.45) is 75.2. The third kappa shape index (κ3) is 60.6. The fraction of sp³-hybridized carbons (Fsp3) is 0.896. The van der Waals surface area contributed by atoms with Crippen molar-refractivity contribution in [3.05, 3.63) is 24.3 Å². The lowest BCUT2D eigenvalue weighted by Crippen LogP contribution is -2.30. The van der Waals surface area contributed by atoms with E-state index in [0.717, 1.165) is 64.2 Å². The molecule has 0 aliphatic carbocycles. The maximum Gasteiger partial charge on any atom is 0.306 e. The highest BCUT2D eigenvalue weighted by Gasteiger charge is 2.19. The average molecular weight is 1030 g/mol. The molecule has 0 aromatic rings. The summed E-state index contributed by atoms with van der Waals surface area (Å²) in [7, 11) is 0. The van der Waals surface area contributed by atoms with Gasteiger partial charge in [0.25, 0.3) is 0 Å². The minimum Gasteiger partial charge on any atom is -0.462 e. The molecule has 0 bridgehead atoms. The lowest BCUT2D eigenvalue weighted by molar-refractivity contribution is -0.167. The van der Waals surface area contributed by atoms with Crippen LogP contribution in [-0.4, -0.2) is 37.2 Å². The zero-order valence-electron chi connectivity index (χ0n) is 49.4. The van der Waals surface area contributed by atoms with Gasteiger partial charge >= 0.3 is 17.9 Å². The van der Waals surface area contributed by atoms with Gasteiger partial charge in [0.05, 0.1) is 0 Å². The first-order chi connectivity index (χ1) is 36.0. The van der Waals surface area contributed by atoms with Gasteiger partial charge in [0.1, 0.15) is 13.2 Å². The van der Waals surface area contributed by atoms with Crippen LogP contribution in [0.5, 0.6) is 0 Å². The monoisotopic (exact) mass is 1030 g/mol. The number of allylic oxidation sites excluding steroid dienone is 4. The van der Waals surface area contributed by atoms with Crippen molar-refractivity contribution in [1.29, 1.82) is 0 Å². The number of carbonyl (C=O) groups excluding carboxylic acids is 3. The van der Waals surface area contributed by atoms with Crippen LogP contribution in [-0.2, 0) is 28.6 Å². The van der Waals surface area contributed by atoms with E-state index in [4.69, 9.17) is 14.2 Å². The zero-order chi connectivity index (χ0) is 52.9. The second-order valence-electron chi connectivity index (χ2n) is 22.4. The summed E-state index contributed by atoms with van der Waals surface area (Å²) in [5.74, 6) is -0.851. The number of hydrogen-bond acceptors (Lipinski definition) is 6. The summed E-state index contributed by atoms with van der Waals surface area (Å²) in [6.45, 7) is 6.64. The first kappa shape index (κ1) is 70.9. The summed E-state index contributed by atoms with van der Waals surface area (Å²) < 4.78 is 16.8. The lowest BCUT2D eigenvalue weighted by atomic mass is 10.0. The van der Waals surface area contributed by atoms with Gasteiger partial charge in [-0.05, 0) is 51.4 Å². The van der Waals surface area contributed by atoms with E-state index >= 15 is 0 Å². The standard InChI is InChI=1S/C67H126O6/c1-4-7-10-13-16-18-20-22-24-26-28-30-32-34-36-37-39-41-43-45-47-49-51-54-57-60-66(69)72-63-64(62-71-65(68)59-56-53-15-12-9-6-3)73-67(70)61-58-55-52-50-48-46-44-42-40-38-35-33-31-29-27-25-23-21-19-17-14-11-8-5-2/h20,22,26,28,64H,4-19,21,23-25,27,29-63H2,1-3H3/b22-20-,28-26-. The summed E-state index contributed by atoms with van der Waals surface area (Å²) in [6, 6.07) is 0. The van der Waals surface area contributed by atoms with Crippen LogP contribution in [0.4, 0.5) is 0 Å². The molecule has 0 saturated carbocycles. The second-order valence-corrected chi connectivity index (χ2v) is 22.4. The molecule has 0 amide bonds. The minimum absolute atomic E-state index is 0.0664. The predicted octanol–water partition coefficient (Wildman–Crippen LogP) is 22.2. The van der Waals surface area contributed by atoms with Gasteiger partial charge < -0.3 is 14.2 Å². The summed E-state index contributed by atoms with van der Waals surface area (Å²) in [4.78, 5) is 38.0. The highest BCUT2D eigenvalue weighted by molar-refractivity contribution is 5.71. The van der Waals surface area contributed by atoms with Crippen molar-refractivity contribution in [2.45, 2.75) is 374 Å². The van der Waals surface area contributed by atoms with Crippen LogP contribution in [0.25, 0.3) is 0 Å². The van der Waals surface area contributed by atoms with Crippen molar-refractivity contribution in [3.63, 3.8) is 0 Å². The molecule has 6 nitrogen and oxygen atoms in total. The molecular weight excluding hydrogens is 901 g/mol. The Bertz CT molecular complexity index is 1180. The molecule has 6 heteroatoms. The fourth-order valence-electron chi connectivity index (χ4n) is 10.0. The SMILES string of the molecule is CCCCCCC/C=C\C/C=C\CCCCCCCCCCCCCCCC(=O)OCC(COC(=O)CCCCCCCC)OC(=O)CCCCCCCCCCCCCCCCCCCCCCCCCC. The fourth-order valence-corrected chi connectivity index (χ4v) is 10.0. The van der Waals surface area contributed by atoms with Crippen LogP contribution < -0.4 is 0 Å². The van der Waals surface area contributed by atoms with Crippen molar-refractivity contribution < 1.29 is 28.6 Å². The van der Waals surface area contributed by atoms with Crippen molar-refractivity contribution in [1.82, 2.24) is 0 Å². The van der Waals surface area contributed by atoms with Gasteiger partial charge in [-0.3, -0.25) is 14.4 Å². The predicted molar refractivity (Wildman–Crippen MR) is 316 cm³/mol. The van der Waals surface area contributed by atoms with Crippen molar-refractivity contribution >= 4 is 17.9 Å². The number of hydrogen-bond donors (Lipinski definition) is 0. The molecule has 0 heterocycles. The molecule has 0 aliphatic heterocycles. The highest BCUT2D eigenvalue weighted by atomic mass is 16.6. The van der Waals surface area contributed by atoms with Gasteiger partial charge in [0.15, 0.2) is 6.10 Å². The van der Waals surface area contributed by atoms with E-state index in [-0.39, 0.29) is 31.1 Å². The molecule has 430 valence electrons. The average Bonchev–Trinajstić information content (AvgIpc) is 3.39. The van der Waals surface area contributed by atoms with Crippen LogP contribution in [0, 0.1) is 0 Å². The summed E-state index contributed by atoms with van der Waals surface area (Å²) in [5, 5.41) is 0. The summed E-state index contributed by atoms with van der Waals surface area (Å²) >= 11 is 0. The van der Waals surface area contributed by atoms with Crippen LogP contribution >= 0.6 is 0 Å². The maximum atomic E-state index is 12.9. The van der Waals surface area contributed by atoms with E-state index < -0.39 is 6.10 Å². The van der Waals surface area contributed by atoms with Crippen molar-refractivity contribution in [2.24, 2.45) is 0 Å². The van der Waals surface area contributed by atoms with Crippen LogP contribution in [0.2, 0.25) is 0 Å². The van der Waals surface area contributed by atoms with Crippen molar-refractivity contribution in [2.75, 3.05) is 13.2 Å². The molecule has 0 rings (SSSR count). The third-order valence-electron chi connectivity index (χ3n) is 15.0.